The summed E-state index contributed by atoms with van der Waals surface area (Å²) in [6, 6.07) is 5.52. The number of anilines is 1. The molecular weight excluding hydrogens is 230 g/mol. The molecule has 84 valence electrons. The smallest absolute Gasteiger partial charge is 0.0464 e. The Morgan fingerprint density at radius 3 is 2.93 bits per heavy atom. The van der Waals surface area contributed by atoms with Gasteiger partial charge in [-0.25, -0.2) is 0 Å². The van der Waals surface area contributed by atoms with Crippen LogP contribution >= 0.6 is 23.4 Å². The predicted molar refractivity (Wildman–Crippen MR) is 68.3 cm³/mol. The van der Waals surface area contributed by atoms with Gasteiger partial charge in [-0.15, -0.1) is 0 Å². The van der Waals surface area contributed by atoms with Crippen LogP contribution in [0, 0.1) is 5.92 Å². The fraction of sp³-hybridized carbons (Fsp3) is 0.455. The van der Waals surface area contributed by atoms with Crippen LogP contribution < -0.4 is 5.73 Å². The topological polar surface area (TPSA) is 46.2 Å². The number of halogens is 1. The molecule has 0 aromatic heterocycles. The minimum Gasteiger partial charge on any atom is -0.399 e. The van der Waals surface area contributed by atoms with Gasteiger partial charge >= 0.3 is 0 Å². The number of hydrogen-bond acceptors (Lipinski definition) is 3. The first kappa shape index (κ1) is 12.7. The second-order valence-corrected chi connectivity index (χ2v) is 5.09. The third kappa shape index (κ3) is 4.33. The maximum Gasteiger partial charge on any atom is 0.0464 e. The van der Waals surface area contributed by atoms with Crippen molar-refractivity contribution in [1.82, 2.24) is 0 Å². The lowest BCUT2D eigenvalue weighted by molar-refractivity contribution is 0.250. The molecule has 0 spiro atoms. The Morgan fingerprint density at radius 2 is 2.27 bits per heavy atom. The number of aliphatic hydroxyl groups is 1. The second-order valence-electron chi connectivity index (χ2n) is 3.65. The zero-order valence-electron chi connectivity index (χ0n) is 8.74. The molecule has 4 heteroatoms. The fourth-order valence-electron chi connectivity index (χ4n) is 1.13. The molecule has 0 bridgehead atoms. The van der Waals surface area contributed by atoms with Crippen molar-refractivity contribution in [3.63, 3.8) is 0 Å². The van der Waals surface area contributed by atoms with Crippen molar-refractivity contribution < 1.29 is 5.11 Å². The van der Waals surface area contributed by atoms with Crippen molar-refractivity contribution in [1.29, 1.82) is 0 Å². The van der Waals surface area contributed by atoms with Gasteiger partial charge in [0.05, 0.1) is 0 Å². The molecule has 0 fully saturated rings. The van der Waals surface area contributed by atoms with E-state index >= 15 is 0 Å². The molecule has 0 amide bonds. The van der Waals surface area contributed by atoms with E-state index in [1.165, 1.54) is 0 Å². The minimum absolute atomic E-state index is 0.234. The van der Waals surface area contributed by atoms with Crippen LogP contribution in [0.2, 0.25) is 5.02 Å². The van der Waals surface area contributed by atoms with Gasteiger partial charge in [-0.3, -0.25) is 0 Å². The second kappa shape index (κ2) is 6.26. The van der Waals surface area contributed by atoms with Gasteiger partial charge in [0.15, 0.2) is 0 Å². The zero-order chi connectivity index (χ0) is 11.3. The Labute approximate surface area is 99.8 Å². The van der Waals surface area contributed by atoms with Crippen molar-refractivity contribution in [2.75, 3.05) is 18.1 Å². The summed E-state index contributed by atoms with van der Waals surface area (Å²) in [5, 5.41) is 9.63. The van der Waals surface area contributed by atoms with E-state index in [2.05, 4.69) is 0 Å². The van der Waals surface area contributed by atoms with E-state index in [4.69, 9.17) is 22.4 Å². The first-order chi connectivity index (χ1) is 7.13. The third-order valence-electron chi connectivity index (χ3n) is 2.04. The van der Waals surface area contributed by atoms with Crippen LogP contribution in [-0.2, 0) is 5.75 Å². The maximum absolute atomic E-state index is 8.87. The Bertz CT molecular complexity index is 319. The van der Waals surface area contributed by atoms with E-state index < -0.39 is 0 Å². The van der Waals surface area contributed by atoms with Gasteiger partial charge in [-0.2, -0.15) is 11.8 Å². The van der Waals surface area contributed by atoms with E-state index in [0.29, 0.717) is 5.92 Å². The van der Waals surface area contributed by atoms with Crippen LogP contribution in [-0.4, -0.2) is 17.5 Å². The number of nitrogen functional groups attached to an aromatic ring is 1. The van der Waals surface area contributed by atoms with E-state index in [1.807, 2.05) is 19.1 Å². The lowest BCUT2D eigenvalue weighted by atomic mass is 10.2. The summed E-state index contributed by atoms with van der Waals surface area (Å²) in [6.07, 6.45) is 0. The Morgan fingerprint density at radius 1 is 1.53 bits per heavy atom. The summed E-state index contributed by atoms with van der Waals surface area (Å²) in [6.45, 7) is 2.26. The lowest BCUT2D eigenvalue weighted by Gasteiger charge is -2.08. The average Bonchev–Trinajstić information content (AvgIpc) is 2.23. The zero-order valence-corrected chi connectivity index (χ0v) is 10.3. The summed E-state index contributed by atoms with van der Waals surface area (Å²) in [5.41, 5.74) is 7.48. The highest BCUT2D eigenvalue weighted by molar-refractivity contribution is 7.98. The van der Waals surface area contributed by atoms with Crippen LogP contribution in [0.4, 0.5) is 5.69 Å². The molecular formula is C11H16ClNOS. The summed E-state index contributed by atoms with van der Waals surface area (Å²) in [5.74, 6) is 2.10. The van der Waals surface area contributed by atoms with E-state index in [-0.39, 0.29) is 6.61 Å². The van der Waals surface area contributed by atoms with Gasteiger partial charge in [0, 0.05) is 23.1 Å². The number of hydrogen-bond donors (Lipinski definition) is 2. The van der Waals surface area contributed by atoms with E-state index in [9.17, 15) is 0 Å². The van der Waals surface area contributed by atoms with Crippen LogP contribution in [0.25, 0.3) is 0 Å². The largest absolute Gasteiger partial charge is 0.399 e. The van der Waals surface area contributed by atoms with Crippen molar-refractivity contribution in [3.8, 4) is 0 Å². The highest BCUT2D eigenvalue weighted by Gasteiger charge is 2.03. The number of nitrogens with two attached hydrogens (primary N) is 1. The van der Waals surface area contributed by atoms with Gasteiger partial charge in [0.1, 0.15) is 0 Å². The van der Waals surface area contributed by atoms with Gasteiger partial charge in [0.25, 0.3) is 0 Å². The molecule has 1 aromatic rings. The SMILES string of the molecule is CC(CO)CSCc1cc(N)ccc1Cl. The molecule has 0 heterocycles. The monoisotopic (exact) mass is 245 g/mol. The minimum atomic E-state index is 0.234. The molecule has 1 unspecified atom stereocenters. The Hall–Kier alpha value is -0.380. The molecule has 0 saturated heterocycles. The first-order valence-electron chi connectivity index (χ1n) is 4.86. The summed E-state index contributed by atoms with van der Waals surface area (Å²) in [4.78, 5) is 0. The number of thioether (sulfide) groups is 1. The average molecular weight is 246 g/mol. The van der Waals surface area contributed by atoms with Crippen LogP contribution in [0.3, 0.4) is 0 Å². The standard InChI is InChI=1S/C11H16ClNOS/c1-8(5-14)6-15-7-9-4-10(13)2-3-11(9)12/h2-4,8,14H,5-7,13H2,1H3. The molecule has 2 nitrogen and oxygen atoms in total. The molecule has 0 radical (unpaired) electrons. The quantitative estimate of drug-likeness (QED) is 0.785. The summed E-state index contributed by atoms with van der Waals surface area (Å²) < 4.78 is 0. The fourth-order valence-corrected chi connectivity index (χ4v) is 2.48. The normalized spacial score (nSPS) is 12.7. The van der Waals surface area contributed by atoms with E-state index in [1.54, 1.807) is 17.8 Å². The molecule has 0 aliphatic carbocycles. The van der Waals surface area contributed by atoms with Crippen LogP contribution in [0.1, 0.15) is 12.5 Å². The number of aliphatic hydroxyl groups excluding tert-OH is 1. The van der Waals surface area contributed by atoms with Gasteiger partial charge in [0.2, 0.25) is 0 Å². The molecule has 15 heavy (non-hydrogen) atoms. The van der Waals surface area contributed by atoms with Gasteiger partial charge in [-0.05, 0) is 35.4 Å². The summed E-state index contributed by atoms with van der Waals surface area (Å²) in [7, 11) is 0. The van der Waals surface area contributed by atoms with Crippen molar-refractivity contribution in [3.05, 3.63) is 28.8 Å². The molecule has 0 saturated carbocycles. The first-order valence-corrected chi connectivity index (χ1v) is 6.39. The lowest BCUT2D eigenvalue weighted by Crippen LogP contribution is -2.03. The van der Waals surface area contributed by atoms with Gasteiger partial charge in [-0.1, -0.05) is 18.5 Å². The Kier molecular flexibility index (Phi) is 5.29. The maximum atomic E-state index is 8.87. The van der Waals surface area contributed by atoms with Crippen LogP contribution in [0.15, 0.2) is 18.2 Å². The molecule has 3 N–H and O–H groups in total. The molecule has 0 aliphatic rings. The van der Waals surface area contributed by atoms with E-state index in [0.717, 1.165) is 27.8 Å². The van der Waals surface area contributed by atoms with Crippen molar-refractivity contribution in [2.24, 2.45) is 5.92 Å². The highest BCUT2D eigenvalue weighted by atomic mass is 35.5. The van der Waals surface area contributed by atoms with Crippen molar-refractivity contribution >= 4 is 29.1 Å². The summed E-state index contributed by atoms with van der Waals surface area (Å²) >= 11 is 7.79. The van der Waals surface area contributed by atoms with Gasteiger partial charge < -0.3 is 10.8 Å². The van der Waals surface area contributed by atoms with Crippen molar-refractivity contribution in [2.45, 2.75) is 12.7 Å². The number of benzene rings is 1. The molecule has 1 rings (SSSR count). The number of rotatable bonds is 5. The molecule has 1 aromatic carbocycles. The van der Waals surface area contributed by atoms with Crippen LogP contribution in [0.5, 0.6) is 0 Å². The highest BCUT2D eigenvalue weighted by Crippen LogP contribution is 2.24. The third-order valence-corrected chi connectivity index (χ3v) is 3.73. The molecule has 0 aliphatic heterocycles. The molecule has 1 atom stereocenters. The predicted octanol–water partition coefficient (Wildman–Crippen LogP) is 2.78. The Balaban J connectivity index is 2.46.